The van der Waals surface area contributed by atoms with Gasteiger partial charge in [0.25, 0.3) is 0 Å². The molecule has 0 fully saturated rings. The molecule has 1 amide bonds. The van der Waals surface area contributed by atoms with Crippen molar-refractivity contribution in [1.29, 1.82) is 0 Å². The van der Waals surface area contributed by atoms with Gasteiger partial charge in [0.1, 0.15) is 12.1 Å². The van der Waals surface area contributed by atoms with Gasteiger partial charge in [-0.3, -0.25) is 10.1 Å². The van der Waals surface area contributed by atoms with E-state index in [1.54, 1.807) is 0 Å². The molecule has 0 radical (unpaired) electrons. The fourth-order valence-electron chi connectivity index (χ4n) is 1.58. The van der Waals surface area contributed by atoms with Gasteiger partial charge < -0.3 is 4.74 Å². The molecule has 0 saturated carbocycles. The number of anilines is 1. The van der Waals surface area contributed by atoms with Crippen LogP contribution in [0.25, 0.3) is 0 Å². The number of aromatic amines is 1. The SMILES string of the molecule is Cc1ccc(C)c(OCCC(=O)Nc2ncn[nH]2)c1. The summed E-state index contributed by atoms with van der Waals surface area (Å²) in [6, 6.07) is 5.99. The smallest absolute Gasteiger partial charge is 0.230 e. The molecule has 0 spiro atoms. The van der Waals surface area contributed by atoms with E-state index in [1.807, 2.05) is 32.0 Å². The predicted molar refractivity (Wildman–Crippen MR) is 71.0 cm³/mol. The Morgan fingerprint density at radius 1 is 1.42 bits per heavy atom. The topological polar surface area (TPSA) is 79.9 Å². The lowest BCUT2D eigenvalue weighted by Crippen LogP contribution is -2.16. The fourth-order valence-corrected chi connectivity index (χ4v) is 1.58. The van der Waals surface area contributed by atoms with Gasteiger partial charge in [0.05, 0.1) is 13.0 Å². The lowest BCUT2D eigenvalue weighted by molar-refractivity contribution is -0.116. The monoisotopic (exact) mass is 260 g/mol. The molecule has 0 bridgehead atoms. The lowest BCUT2D eigenvalue weighted by atomic mass is 10.1. The Morgan fingerprint density at radius 2 is 2.26 bits per heavy atom. The lowest BCUT2D eigenvalue weighted by Gasteiger charge is -2.09. The fraction of sp³-hybridized carbons (Fsp3) is 0.308. The third-order valence-corrected chi connectivity index (χ3v) is 2.60. The minimum atomic E-state index is -0.165. The highest BCUT2D eigenvalue weighted by molar-refractivity contribution is 5.88. The molecule has 1 aromatic heterocycles. The van der Waals surface area contributed by atoms with E-state index < -0.39 is 0 Å². The third-order valence-electron chi connectivity index (χ3n) is 2.60. The van der Waals surface area contributed by atoms with Crippen LogP contribution in [0, 0.1) is 13.8 Å². The molecule has 100 valence electrons. The van der Waals surface area contributed by atoms with Crippen molar-refractivity contribution in [2.24, 2.45) is 0 Å². The highest BCUT2D eigenvalue weighted by Gasteiger charge is 2.05. The van der Waals surface area contributed by atoms with E-state index in [1.165, 1.54) is 6.33 Å². The van der Waals surface area contributed by atoms with E-state index in [2.05, 4.69) is 20.5 Å². The van der Waals surface area contributed by atoms with Crippen LogP contribution >= 0.6 is 0 Å². The molecule has 19 heavy (non-hydrogen) atoms. The Labute approximate surface area is 111 Å². The van der Waals surface area contributed by atoms with Crippen LogP contribution in [-0.4, -0.2) is 27.7 Å². The minimum Gasteiger partial charge on any atom is -0.493 e. The van der Waals surface area contributed by atoms with Gasteiger partial charge in [0.2, 0.25) is 11.9 Å². The molecule has 1 heterocycles. The van der Waals surface area contributed by atoms with E-state index >= 15 is 0 Å². The van der Waals surface area contributed by atoms with E-state index in [9.17, 15) is 4.79 Å². The molecule has 2 aromatic rings. The molecular formula is C13H16N4O2. The van der Waals surface area contributed by atoms with Crippen molar-refractivity contribution in [2.75, 3.05) is 11.9 Å². The molecule has 6 nitrogen and oxygen atoms in total. The number of carbonyl (C=O) groups is 1. The number of ether oxygens (including phenoxy) is 1. The number of carbonyl (C=O) groups excluding carboxylic acids is 1. The molecule has 0 unspecified atom stereocenters. The average Bonchev–Trinajstić information content (AvgIpc) is 2.86. The van der Waals surface area contributed by atoms with Crippen molar-refractivity contribution in [3.05, 3.63) is 35.7 Å². The van der Waals surface area contributed by atoms with E-state index in [0.717, 1.165) is 16.9 Å². The van der Waals surface area contributed by atoms with Crippen molar-refractivity contribution < 1.29 is 9.53 Å². The Bertz CT molecular complexity index is 552. The van der Waals surface area contributed by atoms with E-state index in [-0.39, 0.29) is 12.3 Å². The zero-order valence-electron chi connectivity index (χ0n) is 10.9. The molecule has 0 aliphatic rings. The van der Waals surface area contributed by atoms with Crippen molar-refractivity contribution >= 4 is 11.9 Å². The number of hydrogen-bond donors (Lipinski definition) is 2. The van der Waals surface area contributed by atoms with Gasteiger partial charge in [0.15, 0.2) is 0 Å². The van der Waals surface area contributed by atoms with Gasteiger partial charge in [-0.2, -0.15) is 10.1 Å². The highest BCUT2D eigenvalue weighted by atomic mass is 16.5. The van der Waals surface area contributed by atoms with Crippen LogP contribution in [-0.2, 0) is 4.79 Å². The van der Waals surface area contributed by atoms with Gasteiger partial charge in [-0.25, -0.2) is 5.10 Å². The van der Waals surface area contributed by atoms with Crippen molar-refractivity contribution in [2.45, 2.75) is 20.3 Å². The number of rotatable bonds is 5. The second-order valence-electron chi connectivity index (χ2n) is 4.25. The maximum absolute atomic E-state index is 11.6. The van der Waals surface area contributed by atoms with Crippen LogP contribution in [0.3, 0.4) is 0 Å². The molecular weight excluding hydrogens is 244 g/mol. The molecule has 1 aromatic carbocycles. The molecule has 0 aliphatic heterocycles. The Balaban J connectivity index is 1.80. The zero-order chi connectivity index (χ0) is 13.7. The number of aryl methyl sites for hydroxylation is 2. The summed E-state index contributed by atoms with van der Waals surface area (Å²) in [6.07, 6.45) is 1.59. The van der Waals surface area contributed by atoms with Gasteiger partial charge in [-0.05, 0) is 31.0 Å². The van der Waals surface area contributed by atoms with Crippen LogP contribution in [0.1, 0.15) is 17.5 Å². The van der Waals surface area contributed by atoms with Crippen LogP contribution in [0.15, 0.2) is 24.5 Å². The maximum Gasteiger partial charge on any atom is 0.230 e. The van der Waals surface area contributed by atoms with Crippen LogP contribution < -0.4 is 10.1 Å². The van der Waals surface area contributed by atoms with Crippen LogP contribution in [0.4, 0.5) is 5.95 Å². The minimum absolute atomic E-state index is 0.165. The molecule has 6 heteroatoms. The molecule has 0 saturated heterocycles. The summed E-state index contributed by atoms with van der Waals surface area (Å²) in [5.74, 6) is 0.992. The quantitative estimate of drug-likeness (QED) is 0.859. The van der Waals surface area contributed by atoms with Gasteiger partial charge in [0, 0.05) is 0 Å². The maximum atomic E-state index is 11.6. The van der Waals surface area contributed by atoms with Crippen molar-refractivity contribution in [3.8, 4) is 5.75 Å². The first-order valence-electron chi connectivity index (χ1n) is 6.00. The second kappa shape index (κ2) is 5.99. The normalized spacial score (nSPS) is 10.2. The van der Waals surface area contributed by atoms with Gasteiger partial charge in [-0.15, -0.1) is 0 Å². The second-order valence-corrected chi connectivity index (χ2v) is 4.25. The summed E-state index contributed by atoms with van der Waals surface area (Å²) in [6.45, 7) is 4.30. The van der Waals surface area contributed by atoms with Crippen molar-refractivity contribution in [3.63, 3.8) is 0 Å². The Morgan fingerprint density at radius 3 is 3.00 bits per heavy atom. The van der Waals surface area contributed by atoms with E-state index in [4.69, 9.17) is 4.74 Å². The van der Waals surface area contributed by atoms with Gasteiger partial charge >= 0.3 is 0 Å². The standard InChI is InChI=1S/C13H16N4O2/c1-9-3-4-10(2)11(7-9)19-6-5-12(18)16-13-14-8-15-17-13/h3-4,7-8H,5-6H2,1-2H3,(H2,14,15,16,17,18). The van der Waals surface area contributed by atoms with Gasteiger partial charge in [-0.1, -0.05) is 12.1 Å². The van der Waals surface area contributed by atoms with Crippen LogP contribution in [0.5, 0.6) is 5.75 Å². The number of nitrogens with one attached hydrogen (secondary N) is 2. The predicted octanol–water partition coefficient (Wildman–Crippen LogP) is 1.83. The number of nitrogens with zero attached hydrogens (tertiary/aromatic N) is 2. The highest BCUT2D eigenvalue weighted by Crippen LogP contribution is 2.19. The first-order valence-corrected chi connectivity index (χ1v) is 6.00. The largest absolute Gasteiger partial charge is 0.493 e. The van der Waals surface area contributed by atoms with Crippen LogP contribution in [0.2, 0.25) is 0 Å². The summed E-state index contributed by atoms with van der Waals surface area (Å²) in [4.78, 5) is 15.4. The summed E-state index contributed by atoms with van der Waals surface area (Å²) < 4.78 is 5.60. The molecule has 2 N–H and O–H groups in total. The summed E-state index contributed by atoms with van der Waals surface area (Å²) in [5, 5.41) is 8.79. The molecule has 0 aliphatic carbocycles. The Kier molecular flexibility index (Phi) is 4.12. The third kappa shape index (κ3) is 3.80. The zero-order valence-corrected chi connectivity index (χ0v) is 10.9. The molecule has 0 atom stereocenters. The number of hydrogen-bond acceptors (Lipinski definition) is 4. The first kappa shape index (κ1) is 13.1. The number of amides is 1. The summed E-state index contributed by atoms with van der Waals surface area (Å²) >= 11 is 0. The van der Waals surface area contributed by atoms with Crippen molar-refractivity contribution in [1.82, 2.24) is 15.2 Å². The Hall–Kier alpha value is -2.37. The number of aromatic nitrogens is 3. The first-order chi connectivity index (χ1) is 9.15. The van der Waals surface area contributed by atoms with E-state index in [0.29, 0.717) is 12.6 Å². The summed E-state index contributed by atoms with van der Waals surface area (Å²) in [7, 11) is 0. The summed E-state index contributed by atoms with van der Waals surface area (Å²) in [5.41, 5.74) is 2.19. The number of H-pyrrole nitrogens is 1. The number of benzene rings is 1. The average molecular weight is 260 g/mol. The molecule has 2 rings (SSSR count).